The molecule has 27 nitrogen and oxygen atoms in total. The second-order valence-electron chi connectivity index (χ2n) is 11.7. The molecule has 7 rings (SSSR count). The quantitative estimate of drug-likeness (QED) is 0.0993. The van der Waals surface area contributed by atoms with Crippen molar-refractivity contribution in [3.63, 3.8) is 0 Å². The standard InChI is InChI=1S/C33H15N15O12/c49-28(50)13-1-10(2-14(7-13)29(51)52)19-37-43-25(44-38-19)22-34-23(26-45-39-20(40-46-26)11-3-15(30(53)54)8-16(4-11)31(55)56)36-24(35-22)27-47-41-21(42-48-27)12-5-17(32(57)58)9-18(6-12)33(59)60/h1-9H,(H,49,50)(H,51,52)(H,53,54)(H,55,56)(H,57,58)(H,59,60). The van der Waals surface area contributed by atoms with E-state index in [4.69, 9.17) is 0 Å². The second kappa shape index (κ2) is 15.4. The summed E-state index contributed by atoms with van der Waals surface area (Å²) in [5.41, 5.74) is -2.54. The number of carboxylic acids is 6. The van der Waals surface area contributed by atoms with Gasteiger partial charge in [0.2, 0.25) is 52.4 Å². The largest absolute Gasteiger partial charge is 0.478 e. The summed E-state index contributed by atoms with van der Waals surface area (Å²) in [5, 5.41) is 104. The highest BCUT2D eigenvalue weighted by Crippen LogP contribution is 2.24. The Morgan fingerprint density at radius 2 is 0.417 bits per heavy atom. The molecule has 0 amide bonds. The lowest BCUT2D eigenvalue weighted by molar-refractivity contribution is 0.0676. The van der Waals surface area contributed by atoms with Crippen molar-refractivity contribution in [2.45, 2.75) is 0 Å². The third kappa shape index (κ3) is 7.99. The van der Waals surface area contributed by atoms with Crippen molar-refractivity contribution >= 4 is 35.8 Å². The lowest BCUT2D eigenvalue weighted by atomic mass is 10.1. The van der Waals surface area contributed by atoms with E-state index in [1.165, 1.54) is 0 Å². The molecular weight excluding hydrogens is 798 g/mol. The first kappa shape index (κ1) is 38.6. The monoisotopic (exact) mass is 813 g/mol. The van der Waals surface area contributed by atoms with Gasteiger partial charge in [-0.2, -0.15) is 0 Å². The summed E-state index contributed by atoms with van der Waals surface area (Å²) in [6.45, 7) is 0. The number of aromatic nitrogens is 15. The predicted octanol–water partition coefficient (Wildman–Crippen LogP) is 0.803. The molecule has 6 N–H and O–H groups in total. The molecule has 0 aliphatic rings. The Morgan fingerprint density at radius 3 is 0.583 bits per heavy atom. The van der Waals surface area contributed by atoms with Gasteiger partial charge in [0, 0.05) is 16.7 Å². The van der Waals surface area contributed by atoms with Crippen molar-refractivity contribution in [1.29, 1.82) is 0 Å². The molecule has 0 radical (unpaired) electrons. The van der Waals surface area contributed by atoms with E-state index in [2.05, 4.69) is 76.1 Å². The molecule has 0 unspecified atom stereocenters. The molecule has 0 spiro atoms. The third-order valence-corrected chi connectivity index (χ3v) is 7.73. The van der Waals surface area contributed by atoms with Crippen molar-refractivity contribution in [2.75, 3.05) is 0 Å². The zero-order valence-electron chi connectivity index (χ0n) is 29.0. The Labute approximate surface area is 328 Å². The summed E-state index contributed by atoms with van der Waals surface area (Å²) in [5.74, 6) is -11.9. The lowest BCUT2D eigenvalue weighted by Crippen LogP contribution is -2.10. The van der Waals surface area contributed by atoms with Gasteiger partial charge in [0.05, 0.1) is 33.4 Å². The number of hydrogen-bond acceptors (Lipinski definition) is 21. The average molecular weight is 814 g/mol. The summed E-state index contributed by atoms with van der Waals surface area (Å²) in [7, 11) is 0. The maximum Gasteiger partial charge on any atom is 0.335 e. The van der Waals surface area contributed by atoms with Crippen LogP contribution in [0.15, 0.2) is 54.6 Å². The molecule has 0 aliphatic heterocycles. The van der Waals surface area contributed by atoms with E-state index in [1.807, 2.05) is 0 Å². The van der Waals surface area contributed by atoms with Gasteiger partial charge in [0.15, 0.2) is 0 Å². The second-order valence-corrected chi connectivity index (χ2v) is 11.7. The summed E-state index contributed by atoms with van der Waals surface area (Å²) in [6, 6.07) is 9.33. The van der Waals surface area contributed by atoms with Gasteiger partial charge in [-0.1, -0.05) is 0 Å². The van der Waals surface area contributed by atoms with Gasteiger partial charge in [-0.15, -0.1) is 61.2 Å². The van der Waals surface area contributed by atoms with Crippen LogP contribution in [0, 0.1) is 0 Å². The first-order valence-corrected chi connectivity index (χ1v) is 16.0. The molecule has 294 valence electrons. The maximum atomic E-state index is 11.6. The van der Waals surface area contributed by atoms with Crippen LogP contribution in [0.2, 0.25) is 0 Å². The number of carbonyl (C=O) groups is 6. The highest BCUT2D eigenvalue weighted by molar-refractivity contribution is 5.97. The lowest BCUT2D eigenvalue weighted by Gasteiger charge is -2.07. The van der Waals surface area contributed by atoms with E-state index in [1.54, 1.807) is 0 Å². The molecule has 0 saturated carbocycles. The SMILES string of the molecule is O=C(O)c1cc(C(=O)O)cc(-c2nnc(-c3nc(-c4nnc(-c5cc(C(=O)O)cc(C(=O)O)c5)nn4)nc(-c4nnc(-c5cc(C(=O)O)cc(C(=O)O)c5)nn4)n3)nn2)c1. The van der Waals surface area contributed by atoms with Crippen LogP contribution in [0.3, 0.4) is 0 Å². The first-order chi connectivity index (χ1) is 28.6. The summed E-state index contributed by atoms with van der Waals surface area (Å²) >= 11 is 0. The fraction of sp³-hybridized carbons (Fsp3) is 0. The van der Waals surface area contributed by atoms with Gasteiger partial charge in [-0.3, -0.25) is 0 Å². The number of aromatic carboxylic acids is 6. The minimum atomic E-state index is -1.43. The van der Waals surface area contributed by atoms with Crippen molar-refractivity contribution in [3.05, 3.63) is 88.0 Å². The van der Waals surface area contributed by atoms with E-state index >= 15 is 0 Å². The van der Waals surface area contributed by atoms with Crippen molar-refractivity contribution in [2.24, 2.45) is 0 Å². The van der Waals surface area contributed by atoms with Crippen molar-refractivity contribution < 1.29 is 59.4 Å². The molecule has 0 bridgehead atoms. The Hall–Kier alpha value is -9.69. The summed E-state index contributed by atoms with van der Waals surface area (Å²) in [4.78, 5) is 82.4. The van der Waals surface area contributed by atoms with Crippen LogP contribution in [0.25, 0.3) is 69.1 Å². The molecule has 0 saturated heterocycles. The van der Waals surface area contributed by atoms with Gasteiger partial charge < -0.3 is 30.6 Å². The number of hydrogen-bond donors (Lipinski definition) is 6. The molecule has 60 heavy (non-hydrogen) atoms. The molecule has 7 aromatic rings. The van der Waals surface area contributed by atoms with Gasteiger partial charge in [-0.05, 0) is 54.6 Å². The summed E-state index contributed by atoms with van der Waals surface area (Å²) in [6.07, 6.45) is 0. The van der Waals surface area contributed by atoms with Crippen LogP contribution in [0.5, 0.6) is 0 Å². The molecule has 4 heterocycles. The van der Waals surface area contributed by atoms with Crippen molar-refractivity contribution in [3.8, 4) is 69.1 Å². The number of nitrogens with zero attached hydrogens (tertiary/aromatic N) is 15. The zero-order valence-corrected chi connectivity index (χ0v) is 29.0. The van der Waals surface area contributed by atoms with Crippen LogP contribution in [0.1, 0.15) is 62.1 Å². The number of benzene rings is 3. The number of carboxylic acid groups (broad SMARTS) is 6. The Bertz CT molecular complexity index is 2530. The predicted molar refractivity (Wildman–Crippen MR) is 188 cm³/mol. The zero-order chi connectivity index (χ0) is 42.8. The van der Waals surface area contributed by atoms with E-state index in [9.17, 15) is 59.4 Å². The van der Waals surface area contributed by atoms with Crippen molar-refractivity contribution in [1.82, 2.24) is 76.1 Å². The Balaban J connectivity index is 1.31. The Kier molecular flexibility index (Phi) is 9.93. The fourth-order valence-corrected chi connectivity index (χ4v) is 4.99. The van der Waals surface area contributed by atoms with E-state index in [-0.39, 0.29) is 67.5 Å². The van der Waals surface area contributed by atoms with Gasteiger partial charge in [0.1, 0.15) is 0 Å². The topological polar surface area (TPSA) is 417 Å². The van der Waals surface area contributed by atoms with E-state index in [0.29, 0.717) is 0 Å². The third-order valence-electron chi connectivity index (χ3n) is 7.73. The van der Waals surface area contributed by atoms with Crippen LogP contribution in [-0.4, -0.2) is 143 Å². The van der Waals surface area contributed by atoms with E-state index < -0.39 is 70.8 Å². The molecule has 0 fully saturated rings. The molecular formula is C33H15N15O12. The first-order valence-electron chi connectivity index (χ1n) is 16.0. The molecule has 27 heteroatoms. The summed E-state index contributed by atoms with van der Waals surface area (Å²) < 4.78 is 0. The van der Waals surface area contributed by atoms with E-state index in [0.717, 1.165) is 54.6 Å². The van der Waals surface area contributed by atoms with Crippen LogP contribution < -0.4 is 0 Å². The fourth-order valence-electron chi connectivity index (χ4n) is 4.99. The highest BCUT2D eigenvalue weighted by atomic mass is 16.4. The minimum Gasteiger partial charge on any atom is -0.478 e. The molecule has 4 aromatic heterocycles. The molecule has 0 atom stereocenters. The van der Waals surface area contributed by atoms with Crippen LogP contribution >= 0.6 is 0 Å². The van der Waals surface area contributed by atoms with Gasteiger partial charge >= 0.3 is 35.8 Å². The number of rotatable bonds is 12. The normalized spacial score (nSPS) is 10.8. The highest BCUT2D eigenvalue weighted by Gasteiger charge is 2.22. The van der Waals surface area contributed by atoms with Crippen LogP contribution in [0.4, 0.5) is 0 Å². The van der Waals surface area contributed by atoms with Crippen LogP contribution in [-0.2, 0) is 0 Å². The molecule has 0 aliphatic carbocycles. The minimum absolute atomic E-state index is 0.0686. The maximum absolute atomic E-state index is 11.6. The van der Waals surface area contributed by atoms with Gasteiger partial charge in [0.25, 0.3) is 0 Å². The average Bonchev–Trinajstić information content (AvgIpc) is 3.25. The smallest absolute Gasteiger partial charge is 0.335 e. The Morgan fingerprint density at radius 1 is 0.250 bits per heavy atom. The van der Waals surface area contributed by atoms with Gasteiger partial charge in [-0.25, -0.2) is 43.7 Å². The molecule has 3 aromatic carbocycles.